The fourth-order valence-corrected chi connectivity index (χ4v) is 4.32. The number of hydrogen-bond donors (Lipinski definition) is 1. The summed E-state index contributed by atoms with van der Waals surface area (Å²) in [5.41, 5.74) is 1.90. The summed E-state index contributed by atoms with van der Waals surface area (Å²) in [6.07, 6.45) is 0. The second-order valence-corrected chi connectivity index (χ2v) is 8.45. The summed E-state index contributed by atoms with van der Waals surface area (Å²) in [4.78, 5) is 17.8. The van der Waals surface area contributed by atoms with E-state index in [0.717, 1.165) is 11.3 Å². The Labute approximate surface area is 197 Å². The molecule has 2 heterocycles. The van der Waals surface area contributed by atoms with Gasteiger partial charge >= 0.3 is 0 Å². The molecule has 0 saturated heterocycles. The Kier molecular flexibility index (Phi) is 5.53. The molecule has 0 aliphatic rings. The number of carbonyl (C=O) groups excluding carboxylic acids is 1. The fraction of sp³-hybridized carbons (Fsp3) is 0. The number of rotatable bonds is 5. The number of halogens is 2. The van der Waals surface area contributed by atoms with Gasteiger partial charge in [0.1, 0.15) is 11.5 Å². The van der Waals surface area contributed by atoms with Crippen LogP contribution in [0, 0.1) is 0 Å². The minimum absolute atomic E-state index is 0.190. The standard InChI is InChI=1S/C23H14Cl2N4O2S/c24-15-9-10-19(25)18(12-15)20-13-32-23-27-22(28-29(20)23)26-21(30)14-5-4-8-17(11-14)31-16-6-2-1-3-7-16/h1-13H,(H,26,28,30). The summed E-state index contributed by atoms with van der Waals surface area (Å²) in [6, 6.07) is 21.5. The first-order chi connectivity index (χ1) is 15.6. The lowest BCUT2D eigenvalue weighted by molar-refractivity contribution is 0.102. The predicted molar refractivity (Wildman–Crippen MR) is 127 cm³/mol. The van der Waals surface area contributed by atoms with Crippen molar-refractivity contribution in [1.82, 2.24) is 14.6 Å². The van der Waals surface area contributed by atoms with E-state index in [0.29, 0.717) is 32.1 Å². The molecule has 0 atom stereocenters. The van der Waals surface area contributed by atoms with Crippen LogP contribution in [0.1, 0.15) is 10.4 Å². The first kappa shape index (κ1) is 20.5. The van der Waals surface area contributed by atoms with Gasteiger partial charge in [0.2, 0.25) is 4.96 Å². The SMILES string of the molecule is O=C(Nc1nc2scc(-c3cc(Cl)ccc3Cl)n2n1)c1cccc(Oc2ccccc2)c1. The summed E-state index contributed by atoms with van der Waals surface area (Å²) in [5, 5.41) is 10.2. The maximum Gasteiger partial charge on any atom is 0.258 e. The van der Waals surface area contributed by atoms with Crippen LogP contribution in [0.2, 0.25) is 10.0 Å². The first-order valence-corrected chi connectivity index (χ1v) is 11.1. The van der Waals surface area contributed by atoms with Crippen LogP contribution in [0.3, 0.4) is 0 Å². The molecule has 3 aromatic carbocycles. The Morgan fingerprint density at radius 2 is 1.78 bits per heavy atom. The molecule has 1 N–H and O–H groups in total. The Morgan fingerprint density at radius 3 is 2.62 bits per heavy atom. The third-order valence-electron chi connectivity index (χ3n) is 4.59. The van der Waals surface area contributed by atoms with Gasteiger partial charge in [0, 0.05) is 21.5 Å². The molecule has 0 aliphatic carbocycles. The van der Waals surface area contributed by atoms with E-state index in [2.05, 4.69) is 15.4 Å². The number of amides is 1. The summed E-state index contributed by atoms with van der Waals surface area (Å²) < 4.78 is 7.44. The number of aromatic nitrogens is 3. The molecule has 1 amide bonds. The molecule has 0 bridgehead atoms. The highest BCUT2D eigenvalue weighted by molar-refractivity contribution is 7.15. The van der Waals surface area contributed by atoms with Gasteiger partial charge in [0.05, 0.1) is 10.7 Å². The van der Waals surface area contributed by atoms with Crippen LogP contribution in [-0.2, 0) is 0 Å². The molecular formula is C23H14Cl2N4O2S. The van der Waals surface area contributed by atoms with Gasteiger partial charge in [-0.05, 0) is 48.5 Å². The number of benzene rings is 3. The minimum atomic E-state index is -0.343. The number of carbonyl (C=O) groups is 1. The lowest BCUT2D eigenvalue weighted by Crippen LogP contribution is -2.13. The largest absolute Gasteiger partial charge is 0.457 e. The van der Waals surface area contributed by atoms with Crippen LogP contribution < -0.4 is 10.1 Å². The van der Waals surface area contributed by atoms with Crippen molar-refractivity contribution >= 4 is 51.4 Å². The smallest absolute Gasteiger partial charge is 0.258 e. The topological polar surface area (TPSA) is 68.5 Å². The zero-order chi connectivity index (χ0) is 22.1. The molecule has 5 aromatic rings. The average molecular weight is 481 g/mol. The van der Waals surface area contributed by atoms with Crippen molar-refractivity contribution in [2.24, 2.45) is 0 Å². The van der Waals surface area contributed by atoms with E-state index >= 15 is 0 Å². The van der Waals surface area contributed by atoms with Gasteiger partial charge in [0.15, 0.2) is 0 Å². The van der Waals surface area contributed by atoms with Crippen molar-refractivity contribution in [3.63, 3.8) is 0 Å². The van der Waals surface area contributed by atoms with E-state index in [4.69, 9.17) is 27.9 Å². The molecule has 6 nitrogen and oxygen atoms in total. The number of hydrogen-bond acceptors (Lipinski definition) is 5. The van der Waals surface area contributed by atoms with Crippen molar-refractivity contribution in [1.29, 1.82) is 0 Å². The van der Waals surface area contributed by atoms with Crippen molar-refractivity contribution in [2.75, 3.05) is 5.32 Å². The first-order valence-electron chi connectivity index (χ1n) is 9.51. The molecule has 0 unspecified atom stereocenters. The summed E-state index contributed by atoms with van der Waals surface area (Å²) in [6.45, 7) is 0. The lowest BCUT2D eigenvalue weighted by Gasteiger charge is -2.07. The van der Waals surface area contributed by atoms with E-state index in [9.17, 15) is 4.79 Å². The number of anilines is 1. The number of nitrogens with zero attached hydrogens (tertiary/aromatic N) is 3. The maximum absolute atomic E-state index is 12.8. The normalized spacial score (nSPS) is 10.9. The monoisotopic (exact) mass is 480 g/mol. The molecule has 9 heteroatoms. The van der Waals surface area contributed by atoms with Gasteiger partial charge in [-0.3, -0.25) is 10.1 Å². The summed E-state index contributed by atoms with van der Waals surface area (Å²) in [7, 11) is 0. The van der Waals surface area contributed by atoms with Crippen molar-refractivity contribution in [3.8, 4) is 22.8 Å². The van der Waals surface area contributed by atoms with E-state index < -0.39 is 0 Å². The Morgan fingerprint density at radius 1 is 0.969 bits per heavy atom. The molecule has 5 rings (SSSR count). The van der Waals surface area contributed by atoms with E-state index in [-0.39, 0.29) is 11.9 Å². The lowest BCUT2D eigenvalue weighted by atomic mass is 10.2. The van der Waals surface area contributed by atoms with Gasteiger partial charge in [-0.1, -0.05) is 47.5 Å². The van der Waals surface area contributed by atoms with E-state index in [1.807, 2.05) is 35.7 Å². The van der Waals surface area contributed by atoms with E-state index in [1.165, 1.54) is 11.3 Å². The molecule has 0 aliphatic heterocycles. The van der Waals surface area contributed by atoms with E-state index in [1.54, 1.807) is 47.0 Å². The van der Waals surface area contributed by atoms with Crippen LogP contribution in [0.25, 0.3) is 16.2 Å². The van der Waals surface area contributed by atoms with Gasteiger partial charge in [-0.2, -0.15) is 4.98 Å². The molecular weight excluding hydrogens is 467 g/mol. The highest BCUT2D eigenvalue weighted by Crippen LogP contribution is 2.33. The Balaban J connectivity index is 1.38. The van der Waals surface area contributed by atoms with Crippen LogP contribution in [0.4, 0.5) is 5.95 Å². The average Bonchev–Trinajstić information content (AvgIpc) is 3.36. The second-order valence-electron chi connectivity index (χ2n) is 6.77. The fourth-order valence-electron chi connectivity index (χ4n) is 3.11. The molecule has 32 heavy (non-hydrogen) atoms. The molecule has 0 spiro atoms. The number of fused-ring (bicyclic) bond motifs is 1. The highest BCUT2D eigenvalue weighted by Gasteiger charge is 2.16. The van der Waals surface area contributed by atoms with Gasteiger partial charge in [0.25, 0.3) is 11.9 Å². The second kappa shape index (κ2) is 8.63. The third kappa shape index (κ3) is 4.18. The molecule has 0 saturated carbocycles. The predicted octanol–water partition coefficient (Wildman–Crippen LogP) is 6.81. The third-order valence-corrected chi connectivity index (χ3v) is 5.97. The van der Waals surface area contributed by atoms with Crippen molar-refractivity contribution in [3.05, 3.63) is 93.8 Å². The molecule has 0 fully saturated rings. The van der Waals surface area contributed by atoms with Crippen molar-refractivity contribution in [2.45, 2.75) is 0 Å². The van der Waals surface area contributed by atoms with Gasteiger partial charge in [-0.25, -0.2) is 4.52 Å². The van der Waals surface area contributed by atoms with Gasteiger partial charge in [-0.15, -0.1) is 16.4 Å². The molecule has 2 aromatic heterocycles. The molecule has 158 valence electrons. The highest BCUT2D eigenvalue weighted by atomic mass is 35.5. The zero-order valence-corrected chi connectivity index (χ0v) is 18.7. The molecule has 0 radical (unpaired) electrons. The minimum Gasteiger partial charge on any atom is -0.457 e. The summed E-state index contributed by atoms with van der Waals surface area (Å²) in [5.74, 6) is 1.09. The quantitative estimate of drug-likeness (QED) is 0.300. The number of ether oxygens (including phenoxy) is 1. The van der Waals surface area contributed by atoms with Gasteiger partial charge < -0.3 is 4.74 Å². The zero-order valence-electron chi connectivity index (χ0n) is 16.3. The number of thiazole rings is 1. The van der Waals surface area contributed by atoms with Crippen LogP contribution in [0.15, 0.2) is 78.2 Å². The van der Waals surface area contributed by atoms with Crippen LogP contribution in [0.5, 0.6) is 11.5 Å². The Hall–Kier alpha value is -3.39. The van der Waals surface area contributed by atoms with Crippen LogP contribution in [-0.4, -0.2) is 20.5 Å². The summed E-state index contributed by atoms with van der Waals surface area (Å²) >= 11 is 13.8. The van der Waals surface area contributed by atoms with Crippen LogP contribution >= 0.6 is 34.5 Å². The maximum atomic E-state index is 12.8. The number of nitrogens with one attached hydrogen (secondary N) is 1. The Bertz CT molecular complexity index is 1430. The number of para-hydroxylation sites is 1. The van der Waals surface area contributed by atoms with Crippen molar-refractivity contribution < 1.29 is 9.53 Å².